The second kappa shape index (κ2) is 9.22. The summed E-state index contributed by atoms with van der Waals surface area (Å²) in [6, 6.07) is 13.1. The number of hydrogen-bond acceptors (Lipinski definition) is 6. The topological polar surface area (TPSA) is 90.2 Å². The molecule has 0 aliphatic heterocycles. The molecule has 6 heteroatoms. The van der Waals surface area contributed by atoms with E-state index >= 15 is 0 Å². The lowest BCUT2D eigenvalue weighted by molar-refractivity contribution is -0.151. The summed E-state index contributed by atoms with van der Waals surface area (Å²) in [6.07, 6.45) is 0.465. The highest BCUT2D eigenvalue weighted by molar-refractivity contribution is 5.76. The van der Waals surface area contributed by atoms with E-state index in [0.717, 1.165) is 12.8 Å². The zero-order chi connectivity index (χ0) is 19.1. The van der Waals surface area contributed by atoms with Gasteiger partial charge in [0.15, 0.2) is 11.5 Å². The second-order valence-corrected chi connectivity index (χ2v) is 6.23. The second-order valence-electron chi connectivity index (χ2n) is 6.23. The molecular formula is C20H25NO5. The van der Waals surface area contributed by atoms with Gasteiger partial charge in [-0.05, 0) is 49.7 Å². The molecule has 0 bridgehead atoms. The Morgan fingerprint density at radius 1 is 1.12 bits per heavy atom. The molecule has 0 radical (unpaired) electrons. The number of phenols is 2. The molecule has 0 spiro atoms. The van der Waals surface area contributed by atoms with Gasteiger partial charge < -0.3 is 20.1 Å². The average Bonchev–Trinajstić information content (AvgIpc) is 2.64. The number of aryl methyl sites for hydroxylation is 1. The van der Waals surface area contributed by atoms with Crippen molar-refractivity contribution in [3.63, 3.8) is 0 Å². The van der Waals surface area contributed by atoms with E-state index in [9.17, 15) is 20.1 Å². The van der Waals surface area contributed by atoms with Crippen LogP contribution in [0.3, 0.4) is 0 Å². The third-order valence-electron chi connectivity index (χ3n) is 4.38. The molecule has 0 aromatic heterocycles. The number of carbonyl (C=O) groups is 1. The molecule has 0 aliphatic rings. The Labute approximate surface area is 153 Å². The van der Waals surface area contributed by atoms with Crippen LogP contribution in [0.25, 0.3) is 0 Å². The van der Waals surface area contributed by atoms with Crippen LogP contribution < -0.4 is 0 Å². The van der Waals surface area contributed by atoms with Crippen molar-refractivity contribution in [3.05, 3.63) is 59.7 Å². The van der Waals surface area contributed by atoms with E-state index in [4.69, 9.17) is 4.74 Å². The molecule has 0 saturated heterocycles. The fraction of sp³-hybridized carbons (Fsp3) is 0.350. The molecule has 0 heterocycles. The minimum atomic E-state index is -1.20. The maximum atomic E-state index is 12.2. The number of carbonyl (C=O) groups excluding carboxylic acids is 1. The van der Waals surface area contributed by atoms with Gasteiger partial charge in [0, 0.05) is 0 Å². The third-order valence-corrected chi connectivity index (χ3v) is 4.38. The smallest absolute Gasteiger partial charge is 0.326 e. The first-order chi connectivity index (χ1) is 12.4. The SMILES string of the molecule is COC(=O)[C@H](C(O)c1ccc(O)c(O)c1)N(C)CCCc1ccccc1. The van der Waals surface area contributed by atoms with Crippen LogP contribution in [0.4, 0.5) is 0 Å². The molecule has 140 valence electrons. The molecule has 2 rings (SSSR count). The molecule has 0 aliphatic carbocycles. The summed E-state index contributed by atoms with van der Waals surface area (Å²) in [4.78, 5) is 14.0. The molecule has 2 aromatic rings. The zero-order valence-corrected chi connectivity index (χ0v) is 15.0. The quantitative estimate of drug-likeness (QED) is 0.495. The van der Waals surface area contributed by atoms with Crippen LogP contribution in [-0.4, -0.2) is 52.9 Å². The van der Waals surface area contributed by atoms with Crippen LogP contribution in [0, 0.1) is 0 Å². The molecule has 3 N–H and O–H groups in total. The molecular weight excluding hydrogens is 334 g/mol. The van der Waals surface area contributed by atoms with Crippen LogP contribution >= 0.6 is 0 Å². The maximum Gasteiger partial charge on any atom is 0.326 e. The number of likely N-dealkylation sites (N-methyl/N-ethyl adjacent to an activating group) is 1. The van der Waals surface area contributed by atoms with Crippen molar-refractivity contribution in [2.75, 3.05) is 20.7 Å². The molecule has 1 unspecified atom stereocenters. The summed E-state index contributed by atoms with van der Waals surface area (Å²) in [7, 11) is 3.02. The van der Waals surface area contributed by atoms with Gasteiger partial charge in [0.05, 0.1) is 7.11 Å². The van der Waals surface area contributed by atoms with Gasteiger partial charge in [0.2, 0.25) is 0 Å². The number of ether oxygens (including phenoxy) is 1. The van der Waals surface area contributed by atoms with E-state index in [0.29, 0.717) is 12.1 Å². The highest BCUT2D eigenvalue weighted by atomic mass is 16.5. The normalized spacial score (nSPS) is 13.4. The number of esters is 1. The minimum absolute atomic E-state index is 0.285. The summed E-state index contributed by atoms with van der Waals surface area (Å²) in [5.41, 5.74) is 1.53. The van der Waals surface area contributed by atoms with Crippen LogP contribution in [-0.2, 0) is 16.0 Å². The van der Waals surface area contributed by atoms with Crippen molar-refractivity contribution >= 4 is 5.97 Å². The van der Waals surface area contributed by atoms with Gasteiger partial charge in [-0.3, -0.25) is 9.69 Å². The number of nitrogens with zero attached hydrogens (tertiary/aromatic N) is 1. The molecule has 0 saturated carbocycles. The summed E-state index contributed by atoms with van der Waals surface area (Å²) < 4.78 is 4.84. The molecule has 6 nitrogen and oxygen atoms in total. The molecule has 26 heavy (non-hydrogen) atoms. The monoisotopic (exact) mass is 359 g/mol. The van der Waals surface area contributed by atoms with Crippen molar-refractivity contribution in [2.24, 2.45) is 0 Å². The van der Waals surface area contributed by atoms with E-state index in [1.807, 2.05) is 30.3 Å². The lowest BCUT2D eigenvalue weighted by Crippen LogP contribution is -2.44. The Morgan fingerprint density at radius 2 is 1.81 bits per heavy atom. The summed E-state index contributed by atoms with van der Waals surface area (Å²) in [5, 5.41) is 29.7. The maximum absolute atomic E-state index is 12.2. The molecule has 2 aromatic carbocycles. The Kier molecular flexibility index (Phi) is 7.00. The molecule has 0 amide bonds. The highest BCUT2D eigenvalue weighted by Gasteiger charge is 2.33. The van der Waals surface area contributed by atoms with Crippen molar-refractivity contribution in [1.82, 2.24) is 4.90 Å². The fourth-order valence-electron chi connectivity index (χ4n) is 2.89. The van der Waals surface area contributed by atoms with Gasteiger partial charge >= 0.3 is 5.97 Å². The van der Waals surface area contributed by atoms with E-state index in [1.54, 1.807) is 11.9 Å². The number of aliphatic hydroxyl groups excluding tert-OH is 1. The molecule has 0 fully saturated rings. The summed E-state index contributed by atoms with van der Waals surface area (Å²) in [5.74, 6) is -1.20. The van der Waals surface area contributed by atoms with E-state index in [2.05, 4.69) is 0 Å². The van der Waals surface area contributed by atoms with E-state index < -0.39 is 18.1 Å². The van der Waals surface area contributed by atoms with E-state index in [-0.39, 0.29) is 11.5 Å². The van der Waals surface area contributed by atoms with Crippen LogP contribution in [0.15, 0.2) is 48.5 Å². The average molecular weight is 359 g/mol. The van der Waals surface area contributed by atoms with Gasteiger partial charge in [0.25, 0.3) is 0 Å². The van der Waals surface area contributed by atoms with Crippen LogP contribution in [0.5, 0.6) is 11.5 Å². The van der Waals surface area contributed by atoms with Crippen LogP contribution in [0.2, 0.25) is 0 Å². The van der Waals surface area contributed by atoms with Crippen molar-refractivity contribution in [3.8, 4) is 11.5 Å². The first kappa shape index (κ1) is 19.8. The Morgan fingerprint density at radius 3 is 2.42 bits per heavy atom. The molecule has 2 atom stereocenters. The number of phenolic OH excluding ortho intramolecular Hbond substituents is 2. The predicted octanol–water partition coefficient (Wildman–Crippen LogP) is 2.24. The van der Waals surface area contributed by atoms with Crippen molar-refractivity contribution in [2.45, 2.75) is 25.0 Å². The number of aromatic hydroxyl groups is 2. The highest BCUT2D eigenvalue weighted by Crippen LogP contribution is 2.30. The first-order valence-corrected chi connectivity index (χ1v) is 8.46. The fourth-order valence-corrected chi connectivity index (χ4v) is 2.89. The number of methoxy groups -OCH3 is 1. The van der Waals surface area contributed by atoms with E-state index in [1.165, 1.54) is 30.9 Å². The van der Waals surface area contributed by atoms with Crippen LogP contribution in [0.1, 0.15) is 23.7 Å². The van der Waals surface area contributed by atoms with Gasteiger partial charge in [0.1, 0.15) is 12.1 Å². The summed E-state index contributed by atoms with van der Waals surface area (Å²) in [6.45, 7) is 0.579. The lowest BCUT2D eigenvalue weighted by atomic mass is 10.00. The van der Waals surface area contributed by atoms with Gasteiger partial charge in [-0.1, -0.05) is 36.4 Å². The number of hydrogen-bond donors (Lipinski definition) is 3. The van der Waals surface area contributed by atoms with Gasteiger partial charge in [-0.2, -0.15) is 0 Å². The van der Waals surface area contributed by atoms with Gasteiger partial charge in [-0.15, -0.1) is 0 Å². The Hall–Kier alpha value is -2.57. The standard InChI is InChI=1S/C20H25NO5/c1-21(12-6-9-14-7-4-3-5-8-14)18(20(25)26-2)19(24)15-10-11-16(22)17(23)13-15/h3-5,7-8,10-11,13,18-19,22-24H,6,9,12H2,1-2H3/t18-,19?/m0/s1. The zero-order valence-electron chi connectivity index (χ0n) is 15.0. The first-order valence-electron chi connectivity index (χ1n) is 8.46. The lowest BCUT2D eigenvalue weighted by Gasteiger charge is -2.30. The third kappa shape index (κ3) is 4.97. The summed E-state index contributed by atoms with van der Waals surface area (Å²) >= 11 is 0. The van der Waals surface area contributed by atoms with Crippen molar-refractivity contribution < 1.29 is 24.9 Å². The number of rotatable bonds is 8. The van der Waals surface area contributed by atoms with Crippen molar-refractivity contribution in [1.29, 1.82) is 0 Å². The number of benzene rings is 2. The number of aliphatic hydroxyl groups is 1. The predicted molar refractivity (Wildman–Crippen MR) is 97.9 cm³/mol. The Bertz CT molecular complexity index is 719. The Balaban J connectivity index is 2.07. The minimum Gasteiger partial charge on any atom is -0.504 e. The van der Waals surface area contributed by atoms with Gasteiger partial charge in [-0.25, -0.2) is 0 Å². The largest absolute Gasteiger partial charge is 0.504 e.